The number of nitrogens with one attached hydrogen (secondary N) is 1. The van der Waals surface area contributed by atoms with Gasteiger partial charge in [-0.15, -0.1) is 0 Å². The van der Waals surface area contributed by atoms with Crippen LogP contribution in [0.15, 0.2) is 41.5 Å². The number of benzene rings is 1. The Morgan fingerprint density at radius 2 is 2.00 bits per heavy atom. The molecule has 31 heavy (non-hydrogen) atoms. The maximum atomic E-state index is 5.88. The number of pyridine rings is 1. The molecule has 8 heteroatoms. The second-order valence-electron chi connectivity index (χ2n) is 8.80. The third-order valence-corrected chi connectivity index (χ3v) is 6.51. The van der Waals surface area contributed by atoms with Gasteiger partial charge in [0.05, 0.1) is 17.6 Å². The lowest BCUT2D eigenvalue weighted by molar-refractivity contribution is 0.126. The topological polar surface area (TPSA) is 95.6 Å². The van der Waals surface area contributed by atoms with Crippen LogP contribution in [0.1, 0.15) is 12.5 Å². The Labute approximate surface area is 181 Å². The number of aliphatic imine (C=N–C) groups is 1. The molecule has 2 saturated heterocycles. The number of amidine groups is 1. The molecule has 1 aromatic carbocycles. The quantitative estimate of drug-likeness (QED) is 0.674. The minimum absolute atomic E-state index is 0.562. The van der Waals surface area contributed by atoms with Crippen molar-refractivity contribution >= 4 is 28.5 Å². The van der Waals surface area contributed by atoms with Gasteiger partial charge in [0.25, 0.3) is 0 Å². The van der Waals surface area contributed by atoms with E-state index in [4.69, 9.17) is 15.7 Å². The SMILES string of the molecule is CC1CN(C2CN(c3cnc4ccc(-c5ccc6c(c5)N=C(N)C6)nc4n3)C2)CCN1. The number of anilines is 1. The molecule has 2 aromatic heterocycles. The fourth-order valence-corrected chi connectivity index (χ4v) is 4.74. The van der Waals surface area contributed by atoms with Gasteiger partial charge in [0.15, 0.2) is 5.65 Å². The van der Waals surface area contributed by atoms with Gasteiger partial charge in [-0.05, 0) is 30.7 Å². The number of nitrogens with zero attached hydrogens (tertiary/aromatic N) is 6. The fraction of sp³-hybridized carbons (Fsp3) is 0.391. The summed E-state index contributed by atoms with van der Waals surface area (Å²) in [5.41, 5.74) is 11.4. The summed E-state index contributed by atoms with van der Waals surface area (Å²) in [6.07, 6.45) is 2.59. The van der Waals surface area contributed by atoms with Crippen molar-refractivity contribution in [1.82, 2.24) is 25.2 Å². The van der Waals surface area contributed by atoms with Gasteiger partial charge in [-0.1, -0.05) is 12.1 Å². The summed E-state index contributed by atoms with van der Waals surface area (Å²) in [4.78, 5) is 23.6. The number of hydrogen-bond acceptors (Lipinski definition) is 8. The molecule has 0 aliphatic carbocycles. The molecule has 6 rings (SSSR count). The van der Waals surface area contributed by atoms with Crippen LogP contribution in [0.25, 0.3) is 22.4 Å². The van der Waals surface area contributed by atoms with Gasteiger partial charge >= 0.3 is 0 Å². The van der Waals surface area contributed by atoms with E-state index in [9.17, 15) is 0 Å². The van der Waals surface area contributed by atoms with Crippen LogP contribution in [-0.2, 0) is 6.42 Å². The van der Waals surface area contributed by atoms with Crippen molar-refractivity contribution in [3.63, 3.8) is 0 Å². The first-order chi connectivity index (χ1) is 15.1. The molecule has 2 fully saturated rings. The molecule has 0 radical (unpaired) electrons. The van der Waals surface area contributed by atoms with Crippen molar-refractivity contribution in [3.05, 3.63) is 42.1 Å². The van der Waals surface area contributed by atoms with Crippen LogP contribution >= 0.6 is 0 Å². The first-order valence-corrected chi connectivity index (χ1v) is 10.9. The minimum Gasteiger partial charge on any atom is -0.387 e. The highest BCUT2D eigenvalue weighted by Gasteiger charge is 2.34. The van der Waals surface area contributed by atoms with E-state index in [1.165, 1.54) is 0 Å². The summed E-state index contributed by atoms with van der Waals surface area (Å²) < 4.78 is 0. The van der Waals surface area contributed by atoms with Crippen LogP contribution in [0.3, 0.4) is 0 Å². The van der Waals surface area contributed by atoms with Crippen molar-refractivity contribution in [2.24, 2.45) is 10.7 Å². The normalized spacial score (nSPS) is 21.8. The maximum Gasteiger partial charge on any atom is 0.180 e. The number of fused-ring (bicyclic) bond motifs is 2. The summed E-state index contributed by atoms with van der Waals surface area (Å²) in [6, 6.07) is 11.3. The third-order valence-electron chi connectivity index (χ3n) is 6.51. The molecule has 5 heterocycles. The number of piperazine rings is 1. The largest absolute Gasteiger partial charge is 0.387 e. The molecule has 0 bridgehead atoms. The summed E-state index contributed by atoms with van der Waals surface area (Å²) in [7, 11) is 0. The molecule has 3 N–H and O–H groups in total. The zero-order valence-corrected chi connectivity index (χ0v) is 17.6. The zero-order valence-electron chi connectivity index (χ0n) is 17.6. The van der Waals surface area contributed by atoms with E-state index in [1.807, 2.05) is 18.3 Å². The fourth-order valence-electron chi connectivity index (χ4n) is 4.74. The summed E-state index contributed by atoms with van der Waals surface area (Å²) in [5, 5.41) is 3.51. The van der Waals surface area contributed by atoms with Crippen molar-refractivity contribution < 1.29 is 0 Å². The van der Waals surface area contributed by atoms with Crippen molar-refractivity contribution in [3.8, 4) is 11.3 Å². The predicted octanol–water partition coefficient (Wildman–Crippen LogP) is 1.72. The van der Waals surface area contributed by atoms with E-state index < -0.39 is 0 Å². The Morgan fingerprint density at radius 1 is 1.10 bits per heavy atom. The average molecular weight is 415 g/mol. The second-order valence-corrected chi connectivity index (χ2v) is 8.80. The molecule has 0 saturated carbocycles. The Kier molecular flexibility index (Phi) is 4.36. The van der Waals surface area contributed by atoms with E-state index in [0.29, 0.717) is 23.6 Å². The van der Waals surface area contributed by atoms with E-state index in [2.05, 4.69) is 50.2 Å². The summed E-state index contributed by atoms with van der Waals surface area (Å²) in [5.74, 6) is 1.57. The lowest BCUT2D eigenvalue weighted by Gasteiger charge is -2.48. The van der Waals surface area contributed by atoms with Crippen molar-refractivity contribution in [2.45, 2.75) is 25.4 Å². The van der Waals surface area contributed by atoms with Gasteiger partial charge in [0.1, 0.15) is 17.2 Å². The third kappa shape index (κ3) is 3.41. The number of aromatic nitrogens is 3. The second kappa shape index (κ2) is 7.25. The Bertz CT molecular complexity index is 1180. The molecule has 0 amide bonds. The molecule has 3 aliphatic heterocycles. The number of rotatable bonds is 3. The number of nitrogens with two attached hydrogens (primary N) is 1. The predicted molar refractivity (Wildman–Crippen MR) is 123 cm³/mol. The minimum atomic E-state index is 0.562. The molecule has 1 atom stereocenters. The molecular weight excluding hydrogens is 388 g/mol. The zero-order chi connectivity index (χ0) is 20.9. The first-order valence-electron chi connectivity index (χ1n) is 10.9. The molecule has 8 nitrogen and oxygen atoms in total. The van der Waals surface area contributed by atoms with Gasteiger partial charge in [-0.25, -0.2) is 19.9 Å². The van der Waals surface area contributed by atoms with E-state index >= 15 is 0 Å². The molecule has 0 spiro atoms. The maximum absolute atomic E-state index is 5.88. The van der Waals surface area contributed by atoms with E-state index in [0.717, 1.165) is 73.0 Å². The van der Waals surface area contributed by atoms with Crippen LogP contribution in [0.5, 0.6) is 0 Å². The first kappa shape index (κ1) is 18.7. The van der Waals surface area contributed by atoms with Crippen LogP contribution in [0.2, 0.25) is 0 Å². The summed E-state index contributed by atoms with van der Waals surface area (Å²) >= 11 is 0. The molecule has 3 aliphatic rings. The van der Waals surface area contributed by atoms with Gasteiger partial charge in [-0.3, -0.25) is 4.90 Å². The monoisotopic (exact) mass is 414 g/mol. The molecule has 3 aromatic rings. The molecule has 1 unspecified atom stereocenters. The van der Waals surface area contributed by atoms with Crippen LogP contribution in [-0.4, -0.2) is 70.5 Å². The Hall–Kier alpha value is -3.10. The highest BCUT2D eigenvalue weighted by atomic mass is 15.4. The van der Waals surface area contributed by atoms with Gasteiger partial charge in [0, 0.05) is 56.8 Å². The molecule has 158 valence electrons. The lowest BCUT2D eigenvalue weighted by Crippen LogP contribution is -2.64. The highest BCUT2D eigenvalue weighted by Crippen LogP contribution is 2.31. The van der Waals surface area contributed by atoms with Crippen LogP contribution < -0.4 is 16.0 Å². The van der Waals surface area contributed by atoms with Gasteiger partial charge in [-0.2, -0.15) is 0 Å². The molecular formula is C23H26N8. The van der Waals surface area contributed by atoms with Crippen LogP contribution in [0.4, 0.5) is 11.5 Å². The van der Waals surface area contributed by atoms with Crippen molar-refractivity contribution in [1.29, 1.82) is 0 Å². The van der Waals surface area contributed by atoms with Gasteiger partial charge in [0.2, 0.25) is 0 Å². The average Bonchev–Trinajstić information content (AvgIpc) is 3.11. The van der Waals surface area contributed by atoms with Gasteiger partial charge < -0.3 is 16.0 Å². The van der Waals surface area contributed by atoms with Crippen LogP contribution in [0, 0.1) is 0 Å². The van der Waals surface area contributed by atoms with E-state index in [-0.39, 0.29) is 0 Å². The standard InChI is InChI=1S/C23H26N8/c1-14-11-30(7-6-25-14)17-12-31(13-17)22-10-26-19-5-4-18(28-23(19)29-22)15-2-3-16-9-21(24)27-20(16)8-15/h2-5,8,10,14,17,25H,6-7,9,11-13H2,1H3,(H2,24,27). The Balaban J connectivity index is 1.23. The summed E-state index contributed by atoms with van der Waals surface area (Å²) in [6.45, 7) is 7.55. The smallest absolute Gasteiger partial charge is 0.180 e. The number of hydrogen-bond donors (Lipinski definition) is 2. The van der Waals surface area contributed by atoms with Crippen molar-refractivity contribution in [2.75, 3.05) is 37.6 Å². The Morgan fingerprint density at radius 3 is 2.87 bits per heavy atom. The highest BCUT2D eigenvalue weighted by molar-refractivity contribution is 5.92. The lowest BCUT2D eigenvalue weighted by atomic mass is 10.0. The van der Waals surface area contributed by atoms with E-state index in [1.54, 1.807) is 0 Å².